The summed E-state index contributed by atoms with van der Waals surface area (Å²) in [6.07, 6.45) is 4.82. The Hall–Kier alpha value is -0.880. The van der Waals surface area contributed by atoms with Gasteiger partial charge < -0.3 is 0 Å². The van der Waals surface area contributed by atoms with E-state index in [2.05, 4.69) is 17.8 Å². The molecule has 0 amide bonds. The summed E-state index contributed by atoms with van der Waals surface area (Å²) in [7, 11) is 0. The summed E-state index contributed by atoms with van der Waals surface area (Å²) < 4.78 is 0. The fourth-order valence-corrected chi connectivity index (χ4v) is 0.103. The third-order valence-corrected chi connectivity index (χ3v) is 0.394. The van der Waals surface area contributed by atoms with Gasteiger partial charge in [-0.1, -0.05) is 17.8 Å². The highest BCUT2D eigenvalue weighted by molar-refractivity contribution is 5.62. The Balaban J connectivity index is 2.40. The first kappa shape index (κ1) is 2.36. The van der Waals surface area contributed by atoms with E-state index >= 15 is 0 Å². The van der Waals surface area contributed by atoms with Gasteiger partial charge in [0.15, 0.2) is 5.92 Å². The van der Waals surface area contributed by atoms with Gasteiger partial charge in [-0.2, -0.15) is 0 Å². The van der Waals surface area contributed by atoms with E-state index in [1.807, 2.05) is 0 Å². The van der Waals surface area contributed by atoms with E-state index in [-0.39, 0.29) is 0 Å². The molecule has 0 atom stereocenters. The summed E-state index contributed by atoms with van der Waals surface area (Å²) in [4.78, 5) is 0. The van der Waals surface area contributed by atoms with Crippen molar-refractivity contribution in [3.63, 3.8) is 0 Å². The van der Waals surface area contributed by atoms with E-state index in [0.29, 0.717) is 0 Å². The Labute approximate surface area is 31.2 Å². The topological polar surface area (TPSA) is 0 Å². The van der Waals surface area contributed by atoms with Crippen LogP contribution in [-0.4, -0.2) is 0 Å². The molecule has 0 nitrogen and oxygen atoms in total. The monoisotopic (exact) mass is 61.0 g/mol. The van der Waals surface area contributed by atoms with Gasteiger partial charge in [0.1, 0.15) is 0 Å². The van der Waals surface area contributed by atoms with E-state index in [1.54, 1.807) is 0 Å². The lowest BCUT2D eigenvalue weighted by Crippen LogP contribution is -1.58. The summed E-state index contributed by atoms with van der Waals surface area (Å²) in [6.45, 7) is 0. The van der Waals surface area contributed by atoms with Crippen molar-refractivity contribution in [2.75, 3.05) is 0 Å². The molecule has 0 heteroatoms. The Kier molecular flexibility index (Phi) is 0.253. The van der Waals surface area contributed by atoms with Crippen molar-refractivity contribution < 1.29 is 0 Å². The normalized spacial score (nSPS) is 15.0. The fraction of sp³-hybridized carbons (Fsp3) is 0. The minimum absolute atomic E-state index is 0.782. The second-order valence-corrected chi connectivity index (χ2v) is 0.769. The molecule has 0 aromatic rings. The van der Waals surface area contributed by atoms with Crippen molar-refractivity contribution in [2.45, 2.75) is 0 Å². The van der Waals surface area contributed by atoms with Gasteiger partial charge >= 0.3 is 0 Å². The molecule has 0 fully saturated rings. The smallest absolute Gasteiger partial charge is 0.117 e. The molecule has 1 rings (SSSR count). The molecule has 1 radical (unpaired) electrons. The van der Waals surface area contributed by atoms with Crippen LogP contribution in [0.15, 0.2) is 0 Å². The summed E-state index contributed by atoms with van der Waals surface area (Å²) in [5.41, 5.74) is 0. The lowest BCUT2D eigenvalue weighted by atomic mass is 10.4. The van der Waals surface area contributed by atoms with Crippen molar-refractivity contribution in [1.29, 1.82) is 0 Å². The molecule has 0 N–H and O–H groups in total. The molecule has 21 valence electrons. The van der Waals surface area contributed by atoms with Crippen LogP contribution < -0.4 is 0 Å². The Morgan fingerprint density at radius 2 is 2.20 bits per heavy atom. The second-order valence-electron chi connectivity index (χ2n) is 0.769. The van der Waals surface area contributed by atoms with Gasteiger partial charge in [0.05, 0.1) is 0 Å². The second kappa shape index (κ2) is 0.535. The van der Waals surface area contributed by atoms with Gasteiger partial charge in [0.2, 0.25) is 0 Å². The van der Waals surface area contributed by atoms with Crippen molar-refractivity contribution in [2.24, 2.45) is 0 Å². The SMILES string of the molecule is C#C[C]1C#C1. The molecule has 0 heterocycles. The molecule has 1 aliphatic rings. The first-order valence-corrected chi connectivity index (χ1v) is 1.29. The molecule has 0 spiro atoms. The number of hydrogen-bond acceptors (Lipinski definition) is 0. The first-order chi connectivity index (χ1) is 2.43. The van der Waals surface area contributed by atoms with Crippen molar-refractivity contribution in [3.8, 4) is 24.2 Å². The molecule has 0 saturated heterocycles. The van der Waals surface area contributed by atoms with Crippen molar-refractivity contribution >= 4 is 0 Å². The highest BCUT2D eigenvalue weighted by atomic mass is 14.0. The van der Waals surface area contributed by atoms with Crippen LogP contribution in [0.1, 0.15) is 0 Å². The zero-order chi connectivity index (χ0) is 3.70. The van der Waals surface area contributed by atoms with Gasteiger partial charge in [-0.25, -0.2) is 0 Å². The summed E-state index contributed by atoms with van der Waals surface area (Å²) in [5, 5.41) is 0. The number of rotatable bonds is 0. The zero-order valence-electron chi connectivity index (χ0n) is 2.58. The van der Waals surface area contributed by atoms with Crippen LogP contribution in [0, 0.1) is 30.1 Å². The minimum Gasteiger partial charge on any atom is -0.117 e. The molecular weight excluding hydrogens is 60.1 g/mol. The van der Waals surface area contributed by atoms with Gasteiger partial charge in [-0.15, -0.1) is 6.42 Å². The quantitative estimate of drug-likeness (QED) is 0.351. The van der Waals surface area contributed by atoms with Crippen LogP contribution in [0.4, 0.5) is 0 Å². The Morgan fingerprint density at radius 3 is 2.20 bits per heavy atom. The van der Waals surface area contributed by atoms with Crippen LogP contribution in [0.2, 0.25) is 0 Å². The summed E-state index contributed by atoms with van der Waals surface area (Å²) in [5.74, 6) is 8.34. The zero-order valence-corrected chi connectivity index (χ0v) is 2.58. The third kappa shape index (κ3) is 0.231. The molecule has 0 aliphatic heterocycles. The average molecular weight is 61.1 g/mol. The lowest BCUT2D eigenvalue weighted by molar-refractivity contribution is 1.91. The maximum Gasteiger partial charge on any atom is 0.190 e. The summed E-state index contributed by atoms with van der Waals surface area (Å²) >= 11 is 0. The predicted molar refractivity (Wildman–Crippen MR) is 19.9 cm³/mol. The molecule has 0 aromatic carbocycles. The molecular formula is C5H. The standard InChI is InChI=1S/C5H/c1-2-5-3-4-5/h1H. The maximum absolute atomic E-state index is 4.82. The van der Waals surface area contributed by atoms with E-state index < -0.39 is 0 Å². The van der Waals surface area contributed by atoms with Crippen LogP contribution in [0.25, 0.3) is 0 Å². The van der Waals surface area contributed by atoms with Gasteiger partial charge in [0.25, 0.3) is 0 Å². The van der Waals surface area contributed by atoms with Gasteiger partial charge in [-0.3, -0.25) is 0 Å². The van der Waals surface area contributed by atoms with Crippen LogP contribution in [0.3, 0.4) is 0 Å². The minimum atomic E-state index is 0.782. The average Bonchev–Trinajstić information content (AvgIpc) is 2.12. The number of terminal acetylenes is 1. The number of hydrogen-bond donors (Lipinski definition) is 0. The van der Waals surface area contributed by atoms with E-state index in [4.69, 9.17) is 6.42 Å². The third-order valence-electron chi connectivity index (χ3n) is 0.394. The maximum atomic E-state index is 4.82. The molecule has 1 aliphatic carbocycles. The van der Waals surface area contributed by atoms with Crippen LogP contribution >= 0.6 is 0 Å². The van der Waals surface area contributed by atoms with Crippen LogP contribution in [0.5, 0.6) is 0 Å². The van der Waals surface area contributed by atoms with Crippen molar-refractivity contribution in [3.05, 3.63) is 5.92 Å². The fourth-order valence-electron chi connectivity index (χ4n) is 0.103. The molecule has 0 saturated carbocycles. The van der Waals surface area contributed by atoms with Gasteiger partial charge in [-0.05, 0) is 0 Å². The predicted octanol–water partition coefficient (Wildman–Crippen LogP) is 0.211. The molecule has 0 bridgehead atoms. The molecule has 5 heavy (non-hydrogen) atoms. The lowest BCUT2D eigenvalue weighted by Gasteiger charge is -1.56. The van der Waals surface area contributed by atoms with Crippen LogP contribution in [-0.2, 0) is 0 Å². The van der Waals surface area contributed by atoms with E-state index in [0.717, 1.165) is 5.92 Å². The summed E-state index contributed by atoms with van der Waals surface area (Å²) in [6, 6.07) is 0. The first-order valence-electron chi connectivity index (χ1n) is 1.29. The highest BCUT2D eigenvalue weighted by Crippen LogP contribution is 2.02. The van der Waals surface area contributed by atoms with E-state index in [1.165, 1.54) is 0 Å². The van der Waals surface area contributed by atoms with Gasteiger partial charge in [0, 0.05) is 0 Å². The highest BCUT2D eigenvalue weighted by Gasteiger charge is 2.03. The molecule has 0 aromatic heterocycles. The van der Waals surface area contributed by atoms with E-state index in [9.17, 15) is 0 Å². The largest absolute Gasteiger partial charge is 0.190 e. The molecule has 0 unspecified atom stereocenters. The Morgan fingerprint density at radius 1 is 1.60 bits per heavy atom. The van der Waals surface area contributed by atoms with Crippen molar-refractivity contribution in [1.82, 2.24) is 0 Å². The Bertz CT molecular complexity index is 118.